The van der Waals surface area contributed by atoms with Gasteiger partial charge >= 0.3 is 0 Å². The van der Waals surface area contributed by atoms with Crippen LogP contribution in [0.5, 0.6) is 0 Å². The fourth-order valence-electron chi connectivity index (χ4n) is 4.50. The number of pyridine rings is 1. The smallest absolute Gasteiger partial charge is 0.297 e. The molecule has 0 unspecified atom stereocenters. The summed E-state index contributed by atoms with van der Waals surface area (Å²) in [7, 11) is 1.63. The molecule has 3 heterocycles. The summed E-state index contributed by atoms with van der Waals surface area (Å²) in [6.07, 6.45) is 2.95. The van der Waals surface area contributed by atoms with Crippen LogP contribution in [-0.2, 0) is 15.9 Å². The molecule has 0 aliphatic carbocycles. The first-order valence-electron chi connectivity index (χ1n) is 11.3. The van der Waals surface area contributed by atoms with Crippen LogP contribution in [0.15, 0.2) is 66.7 Å². The zero-order valence-electron chi connectivity index (χ0n) is 18.8. The minimum absolute atomic E-state index is 0.498. The maximum absolute atomic E-state index is 5.49. The van der Waals surface area contributed by atoms with Gasteiger partial charge in [0.2, 0.25) is 0 Å². The Kier molecular flexibility index (Phi) is 5.86. The number of fused-ring (bicyclic) bond motifs is 1. The van der Waals surface area contributed by atoms with Crippen LogP contribution in [0.4, 0.5) is 11.4 Å². The molecule has 0 amide bonds. The highest BCUT2D eigenvalue weighted by Gasteiger charge is 2.19. The number of ether oxygens (including phenoxy) is 2. The molecule has 0 bridgehead atoms. The van der Waals surface area contributed by atoms with E-state index in [1.807, 2.05) is 13.1 Å². The number of aryl methyl sites for hydroxylation is 1. The number of anilines is 2. The number of benzene rings is 2. The molecule has 6 heteroatoms. The molecule has 0 spiro atoms. The zero-order valence-corrected chi connectivity index (χ0v) is 18.8. The van der Waals surface area contributed by atoms with Crippen molar-refractivity contribution in [1.29, 1.82) is 0 Å². The third-order valence-electron chi connectivity index (χ3n) is 6.33. The Balaban J connectivity index is 1.18. The molecule has 0 radical (unpaired) electrons. The van der Waals surface area contributed by atoms with E-state index in [2.05, 4.69) is 69.3 Å². The molecule has 2 aromatic carbocycles. The van der Waals surface area contributed by atoms with E-state index in [-0.39, 0.29) is 0 Å². The summed E-state index contributed by atoms with van der Waals surface area (Å²) >= 11 is 0. The van der Waals surface area contributed by atoms with Gasteiger partial charge in [-0.15, -0.1) is 0 Å². The second-order valence-electron chi connectivity index (χ2n) is 8.44. The highest BCUT2D eigenvalue weighted by molar-refractivity contribution is 5.92. The third kappa shape index (κ3) is 4.36. The quantitative estimate of drug-likeness (QED) is 0.585. The molecule has 0 saturated carbocycles. The summed E-state index contributed by atoms with van der Waals surface area (Å²) in [6, 6.07) is 19.5. The summed E-state index contributed by atoms with van der Waals surface area (Å²) in [5.74, 6) is 0.561. The SMILES string of the molecule is COC1=CN(c2cccc(CCN3CCN(c4cccc5nc(C)ccc45)CC3)c2)CO1. The van der Waals surface area contributed by atoms with E-state index in [0.717, 1.165) is 56.0 Å². The van der Waals surface area contributed by atoms with Crippen molar-refractivity contribution in [3.63, 3.8) is 0 Å². The molecular formula is C26H30N4O2. The Morgan fingerprint density at radius 2 is 1.84 bits per heavy atom. The number of rotatable bonds is 6. The molecule has 1 aromatic heterocycles. The molecule has 5 rings (SSSR count). The van der Waals surface area contributed by atoms with Gasteiger partial charge in [-0.3, -0.25) is 9.88 Å². The van der Waals surface area contributed by atoms with Crippen molar-refractivity contribution in [2.24, 2.45) is 0 Å². The van der Waals surface area contributed by atoms with Crippen molar-refractivity contribution >= 4 is 22.3 Å². The predicted octanol–water partition coefficient (Wildman–Crippen LogP) is 4.15. The standard InChI is InChI=1S/C26H30N4O2/c1-20-9-10-23-24(27-20)7-4-8-25(23)29-15-13-28(14-16-29)12-11-21-5-3-6-22(17-21)30-18-26(31-2)32-19-30/h3-10,17-18H,11-16,19H2,1-2H3. The highest BCUT2D eigenvalue weighted by Crippen LogP contribution is 2.27. The van der Waals surface area contributed by atoms with Crippen LogP contribution in [0.25, 0.3) is 10.9 Å². The van der Waals surface area contributed by atoms with Gasteiger partial charge in [-0.05, 0) is 55.3 Å². The van der Waals surface area contributed by atoms with Gasteiger partial charge in [-0.1, -0.05) is 18.2 Å². The fraction of sp³-hybridized carbons (Fsp3) is 0.346. The van der Waals surface area contributed by atoms with Crippen LogP contribution < -0.4 is 9.80 Å². The lowest BCUT2D eigenvalue weighted by Crippen LogP contribution is -2.47. The molecule has 2 aliphatic heterocycles. The molecule has 2 aliphatic rings. The van der Waals surface area contributed by atoms with E-state index >= 15 is 0 Å². The molecule has 1 fully saturated rings. The van der Waals surface area contributed by atoms with Gasteiger partial charge in [0, 0.05) is 55.2 Å². The summed E-state index contributed by atoms with van der Waals surface area (Å²) < 4.78 is 10.7. The van der Waals surface area contributed by atoms with E-state index < -0.39 is 0 Å². The monoisotopic (exact) mass is 430 g/mol. The number of hydrogen-bond donors (Lipinski definition) is 0. The van der Waals surface area contributed by atoms with Crippen LogP contribution in [0.3, 0.4) is 0 Å². The van der Waals surface area contributed by atoms with Crippen LogP contribution >= 0.6 is 0 Å². The second kappa shape index (κ2) is 9.09. The largest absolute Gasteiger partial charge is 0.468 e. The predicted molar refractivity (Wildman–Crippen MR) is 129 cm³/mol. The maximum atomic E-state index is 5.49. The fourth-order valence-corrected chi connectivity index (χ4v) is 4.50. The van der Waals surface area contributed by atoms with Crippen LogP contribution in [-0.4, -0.2) is 56.4 Å². The van der Waals surface area contributed by atoms with Gasteiger partial charge < -0.3 is 19.3 Å². The summed E-state index contributed by atoms with van der Waals surface area (Å²) in [5, 5.41) is 1.25. The van der Waals surface area contributed by atoms with E-state index in [0.29, 0.717) is 12.7 Å². The number of methoxy groups -OCH3 is 1. The maximum Gasteiger partial charge on any atom is 0.297 e. The minimum atomic E-state index is 0.498. The average molecular weight is 431 g/mol. The van der Waals surface area contributed by atoms with Crippen LogP contribution in [0.2, 0.25) is 0 Å². The number of aromatic nitrogens is 1. The molecular weight excluding hydrogens is 400 g/mol. The Hall–Kier alpha value is -3.25. The Bertz CT molecular complexity index is 1120. The van der Waals surface area contributed by atoms with Gasteiger partial charge in [0.25, 0.3) is 5.95 Å². The topological polar surface area (TPSA) is 41.1 Å². The highest BCUT2D eigenvalue weighted by atomic mass is 16.7. The van der Waals surface area contributed by atoms with E-state index in [9.17, 15) is 0 Å². The third-order valence-corrected chi connectivity index (χ3v) is 6.33. The lowest BCUT2D eigenvalue weighted by molar-refractivity contribution is 0.0837. The van der Waals surface area contributed by atoms with Gasteiger partial charge in [0.1, 0.15) is 0 Å². The molecule has 3 aromatic rings. The Morgan fingerprint density at radius 3 is 2.66 bits per heavy atom. The van der Waals surface area contributed by atoms with Crippen LogP contribution in [0, 0.1) is 6.92 Å². The molecule has 166 valence electrons. The summed E-state index contributed by atoms with van der Waals surface area (Å²) in [6.45, 7) is 7.87. The van der Waals surface area contributed by atoms with Crippen LogP contribution in [0.1, 0.15) is 11.3 Å². The van der Waals surface area contributed by atoms with Crippen molar-refractivity contribution < 1.29 is 9.47 Å². The van der Waals surface area contributed by atoms with Crippen molar-refractivity contribution in [1.82, 2.24) is 9.88 Å². The molecule has 1 saturated heterocycles. The Labute approximate surface area is 189 Å². The van der Waals surface area contributed by atoms with Gasteiger partial charge in [-0.2, -0.15) is 0 Å². The number of nitrogens with zero attached hydrogens (tertiary/aromatic N) is 4. The molecule has 0 atom stereocenters. The first-order chi connectivity index (χ1) is 15.7. The first-order valence-corrected chi connectivity index (χ1v) is 11.3. The minimum Gasteiger partial charge on any atom is -0.468 e. The summed E-state index contributed by atoms with van der Waals surface area (Å²) in [4.78, 5) is 11.8. The number of piperazine rings is 1. The lowest BCUT2D eigenvalue weighted by atomic mass is 10.1. The first kappa shape index (κ1) is 20.6. The zero-order chi connectivity index (χ0) is 21.9. The van der Waals surface area contributed by atoms with E-state index in [1.165, 1.54) is 16.6 Å². The molecule has 32 heavy (non-hydrogen) atoms. The van der Waals surface area contributed by atoms with Crippen molar-refractivity contribution in [3.8, 4) is 0 Å². The summed E-state index contributed by atoms with van der Waals surface area (Å²) in [5.41, 5.74) is 5.94. The van der Waals surface area contributed by atoms with E-state index in [1.54, 1.807) is 7.11 Å². The van der Waals surface area contributed by atoms with E-state index in [4.69, 9.17) is 14.5 Å². The van der Waals surface area contributed by atoms with Gasteiger partial charge in [0.15, 0.2) is 6.73 Å². The normalized spacial score (nSPS) is 16.9. The molecule has 0 N–H and O–H groups in total. The number of hydrogen-bond acceptors (Lipinski definition) is 6. The van der Waals surface area contributed by atoms with Gasteiger partial charge in [-0.25, -0.2) is 0 Å². The van der Waals surface area contributed by atoms with Crippen molar-refractivity contribution in [3.05, 3.63) is 78.0 Å². The van der Waals surface area contributed by atoms with Crippen molar-refractivity contribution in [2.75, 3.05) is 56.4 Å². The van der Waals surface area contributed by atoms with Crippen molar-refractivity contribution in [2.45, 2.75) is 13.3 Å². The lowest BCUT2D eigenvalue weighted by Gasteiger charge is -2.36. The van der Waals surface area contributed by atoms with Gasteiger partial charge in [0.05, 0.1) is 18.8 Å². The average Bonchev–Trinajstić information content (AvgIpc) is 3.32. The Morgan fingerprint density at radius 1 is 1.00 bits per heavy atom. The second-order valence-corrected chi connectivity index (χ2v) is 8.44. The molecule has 6 nitrogen and oxygen atoms in total.